The van der Waals surface area contributed by atoms with Gasteiger partial charge >= 0.3 is 0 Å². The number of nitrogens with zero attached hydrogens (tertiary/aromatic N) is 2. The van der Waals surface area contributed by atoms with Gasteiger partial charge in [-0.2, -0.15) is 0 Å². The molecular weight excluding hydrogens is 248 g/mol. The summed E-state index contributed by atoms with van der Waals surface area (Å²) in [6, 6.07) is 12.1. The normalized spacial score (nSPS) is 10.6. The van der Waals surface area contributed by atoms with Crippen LogP contribution in [0.4, 0.5) is 0 Å². The Morgan fingerprint density at radius 2 is 1.85 bits per heavy atom. The Labute approximate surface area is 120 Å². The number of carbonyl (C=O) groups is 1. The van der Waals surface area contributed by atoms with Crippen molar-refractivity contribution in [3.63, 3.8) is 0 Å². The molecule has 0 fully saturated rings. The van der Waals surface area contributed by atoms with Crippen molar-refractivity contribution in [2.24, 2.45) is 7.05 Å². The predicted octanol–water partition coefficient (Wildman–Crippen LogP) is 3.30. The Morgan fingerprint density at radius 3 is 2.35 bits per heavy atom. The molecule has 0 N–H and O–H groups in total. The fourth-order valence-corrected chi connectivity index (χ4v) is 2.37. The van der Waals surface area contributed by atoms with E-state index in [0.29, 0.717) is 13.1 Å². The van der Waals surface area contributed by atoms with E-state index >= 15 is 0 Å². The first kappa shape index (κ1) is 14.4. The summed E-state index contributed by atoms with van der Waals surface area (Å²) in [5.41, 5.74) is 4.11. The quantitative estimate of drug-likeness (QED) is 0.836. The van der Waals surface area contributed by atoms with Gasteiger partial charge in [-0.3, -0.25) is 4.79 Å². The summed E-state index contributed by atoms with van der Waals surface area (Å²) in [4.78, 5) is 14.6. The number of aryl methyl sites for hydroxylation is 1. The highest BCUT2D eigenvalue weighted by Gasteiger charge is 2.19. The molecule has 2 aromatic rings. The predicted molar refractivity (Wildman–Crippen MR) is 81.7 cm³/mol. The molecule has 0 bridgehead atoms. The van der Waals surface area contributed by atoms with Gasteiger partial charge in [-0.25, -0.2) is 0 Å². The van der Waals surface area contributed by atoms with Crippen molar-refractivity contribution in [1.82, 2.24) is 9.47 Å². The second kappa shape index (κ2) is 5.95. The van der Waals surface area contributed by atoms with E-state index in [-0.39, 0.29) is 5.91 Å². The molecule has 0 saturated heterocycles. The summed E-state index contributed by atoms with van der Waals surface area (Å²) < 4.78 is 2.06. The van der Waals surface area contributed by atoms with Crippen LogP contribution in [0.1, 0.15) is 34.2 Å². The van der Waals surface area contributed by atoms with Gasteiger partial charge in [0, 0.05) is 31.5 Å². The van der Waals surface area contributed by atoms with Crippen LogP contribution in [0.25, 0.3) is 0 Å². The van der Waals surface area contributed by atoms with Crippen LogP contribution in [0.3, 0.4) is 0 Å². The van der Waals surface area contributed by atoms with Gasteiger partial charge in [0.25, 0.3) is 5.91 Å². The third-order valence-corrected chi connectivity index (χ3v) is 3.89. The summed E-state index contributed by atoms with van der Waals surface area (Å²) in [5, 5.41) is 0. The molecule has 1 heterocycles. The van der Waals surface area contributed by atoms with Crippen LogP contribution in [0.15, 0.2) is 36.4 Å². The van der Waals surface area contributed by atoms with Crippen LogP contribution in [-0.4, -0.2) is 21.9 Å². The lowest BCUT2D eigenvalue weighted by Gasteiger charge is -2.21. The van der Waals surface area contributed by atoms with Crippen molar-refractivity contribution >= 4 is 5.91 Å². The molecule has 0 aliphatic heterocycles. The number of rotatable bonds is 4. The molecule has 3 nitrogen and oxygen atoms in total. The maximum atomic E-state index is 12.7. The first-order valence-electron chi connectivity index (χ1n) is 7.00. The molecule has 0 saturated carbocycles. The zero-order valence-electron chi connectivity index (χ0n) is 12.7. The second-order valence-corrected chi connectivity index (χ2v) is 5.15. The number of hydrogen-bond donors (Lipinski definition) is 0. The van der Waals surface area contributed by atoms with Crippen molar-refractivity contribution in [2.45, 2.75) is 27.3 Å². The summed E-state index contributed by atoms with van der Waals surface area (Å²) >= 11 is 0. The van der Waals surface area contributed by atoms with Crippen molar-refractivity contribution in [2.75, 3.05) is 6.54 Å². The van der Waals surface area contributed by atoms with Gasteiger partial charge in [0.05, 0.1) is 5.56 Å². The standard InChI is InChI=1S/C17H22N2O/c1-5-19(12-15-9-7-6-8-10-15)17(20)16-11-13(2)18(4)14(16)3/h6-11H,5,12H2,1-4H3. The fraction of sp³-hybridized carbons (Fsp3) is 0.353. The van der Waals surface area contributed by atoms with E-state index in [1.165, 1.54) is 0 Å². The minimum absolute atomic E-state index is 0.109. The summed E-state index contributed by atoms with van der Waals surface area (Å²) in [5.74, 6) is 0.109. The van der Waals surface area contributed by atoms with E-state index in [4.69, 9.17) is 0 Å². The molecule has 1 aromatic carbocycles. The van der Waals surface area contributed by atoms with Crippen molar-refractivity contribution in [1.29, 1.82) is 0 Å². The number of amides is 1. The Morgan fingerprint density at radius 1 is 1.20 bits per heavy atom. The van der Waals surface area contributed by atoms with E-state index in [1.54, 1.807) is 0 Å². The monoisotopic (exact) mass is 270 g/mol. The largest absolute Gasteiger partial charge is 0.351 e. The maximum absolute atomic E-state index is 12.7. The van der Waals surface area contributed by atoms with Crippen LogP contribution in [0.5, 0.6) is 0 Å². The molecule has 0 aliphatic rings. The van der Waals surface area contributed by atoms with Gasteiger partial charge in [0.1, 0.15) is 0 Å². The highest BCUT2D eigenvalue weighted by Crippen LogP contribution is 2.17. The fourth-order valence-electron chi connectivity index (χ4n) is 2.37. The van der Waals surface area contributed by atoms with E-state index in [9.17, 15) is 4.79 Å². The lowest BCUT2D eigenvalue weighted by Crippen LogP contribution is -2.30. The molecule has 1 amide bonds. The minimum Gasteiger partial charge on any atom is -0.351 e. The van der Waals surface area contributed by atoms with Crippen LogP contribution in [0, 0.1) is 13.8 Å². The molecule has 2 rings (SSSR count). The molecule has 0 atom stereocenters. The molecular formula is C17H22N2O. The molecule has 0 radical (unpaired) electrons. The van der Waals surface area contributed by atoms with Crippen molar-refractivity contribution in [3.8, 4) is 0 Å². The van der Waals surface area contributed by atoms with E-state index in [2.05, 4.69) is 16.7 Å². The smallest absolute Gasteiger partial charge is 0.255 e. The van der Waals surface area contributed by atoms with Crippen molar-refractivity contribution in [3.05, 3.63) is 58.9 Å². The van der Waals surface area contributed by atoms with Gasteiger partial charge in [-0.15, -0.1) is 0 Å². The average Bonchev–Trinajstić information content (AvgIpc) is 2.73. The first-order valence-corrected chi connectivity index (χ1v) is 7.00. The summed E-state index contributed by atoms with van der Waals surface area (Å²) in [7, 11) is 1.99. The molecule has 0 unspecified atom stereocenters. The molecule has 106 valence electrons. The van der Waals surface area contributed by atoms with Gasteiger partial charge in [-0.1, -0.05) is 30.3 Å². The number of benzene rings is 1. The third kappa shape index (κ3) is 2.77. The third-order valence-electron chi connectivity index (χ3n) is 3.89. The first-order chi connectivity index (χ1) is 9.54. The van der Waals surface area contributed by atoms with Gasteiger partial charge in [0.15, 0.2) is 0 Å². The van der Waals surface area contributed by atoms with Crippen LogP contribution in [0.2, 0.25) is 0 Å². The molecule has 0 spiro atoms. The van der Waals surface area contributed by atoms with E-state index in [0.717, 1.165) is 22.5 Å². The highest BCUT2D eigenvalue weighted by molar-refractivity contribution is 5.95. The second-order valence-electron chi connectivity index (χ2n) is 5.15. The Hall–Kier alpha value is -2.03. The van der Waals surface area contributed by atoms with Crippen LogP contribution < -0.4 is 0 Å². The highest BCUT2D eigenvalue weighted by atomic mass is 16.2. The maximum Gasteiger partial charge on any atom is 0.255 e. The van der Waals surface area contributed by atoms with Gasteiger partial charge in [0.2, 0.25) is 0 Å². The summed E-state index contributed by atoms with van der Waals surface area (Å²) in [6.07, 6.45) is 0. The zero-order chi connectivity index (χ0) is 14.7. The lowest BCUT2D eigenvalue weighted by atomic mass is 10.1. The number of carbonyl (C=O) groups excluding carboxylic acids is 1. The Balaban J connectivity index is 2.23. The average molecular weight is 270 g/mol. The number of hydrogen-bond acceptors (Lipinski definition) is 1. The molecule has 3 heteroatoms. The van der Waals surface area contributed by atoms with Crippen molar-refractivity contribution < 1.29 is 4.79 Å². The van der Waals surface area contributed by atoms with E-state index < -0.39 is 0 Å². The Bertz CT molecular complexity index is 599. The topological polar surface area (TPSA) is 25.2 Å². The Kier molecular flexibility index (Phi) is 4.28. The van der Waals surface area contributed by atoms with Gasteiger partial charge in [-0.05, 0) is 32.4 Å². The molecule has 20 heavy (non-hydrogen) atoms. The van der Waals surface area contributed by atoms with E-state index in [1.807, 2.05) is 57.0 Å². The molecule has 1 aromatic heterocycles. The zero-order valence-corrected chi connectivity index (χ0v) is 12.7. The molecule has 0 aliphatic carbocycles. The number of aromatic nitrogens is 1. The lowest BCUT2D eigenvalue weighted by molar-refractivity contribution is 0.0752. The summed E-state index contributed by atoms with van der Waals surface area (Å²) in [6.45, 7) is 7.41. The van der Waals surface area contributed by atoms with Gasteiger partial charge < -0.3 is 9.47 Å². The van der Waals surface area contributed by atoms with Crippen LogP contribution >= 0.6 is 0 Å². The SMILES string of the molecule is CCN(Cc1ccccc1)C(=O)c1cc(C)n(C)c1C. The minimum atomic E-state index is 0.109. The van der Waals surface area contributed by atoms with Crippen LogP contribution in [-0.2, 0) is 13.6 Å².